The molecule has 0 unspecified atom stereocenters. The first-order chi connectivity index (χ1) is 26.0. The second kappa shape index (κ2) is 17.8. The van der Waals surface area contributed by atoms with Crippen LogP contribution in [0.1, 0.15) is 54.1 Å². The lowest BCUT2D eigenvalue weighted by Gasteiger charge is -2.24. The summed E-state index contributed by atoms with van der Waals surface area (Å²) < 4.78 is 12.8. The van der Waals surface area contributed by atoms with E-state index in [0.717, 1.165) is 37.6 Å². The molecule has 0 radical (unpaired) electrons. The van der Waals surface area contributed by atoms with Gasteiger partial charge < -0.3 is 38.9 Å². The number of hydrogen-bond donors (Lipinski definition) is 3. The van der Waals surface area contributed by atoms with Crippen molar-refractivity contribution in [3.63, 3.8) is 0 Å². The molecule has 0 aliphatic rings. The Balaban J connectivity index is 1.25. The van der Waals surface area contributed by atoms with E-state index in [2.05, 4.69) is 20.4 Å². The van der Waals surface area contributed by atoms with Crippen LogP contribution < -0.4 is 37.1 Å². The fraction of sp³-hybridized carbons (Fsp3) is 0.375. The molecule has 0 saturated carbocycles. The molecule has 0 atom stereocenters. The number of aromatic nitrogens is 1. The molecular weight excluding hydrogens is 692 g/mol. The van der Waals surface area contributed by atoms with Crippen LogP contribution in [-0.2, 0) is 6.54 Å². The molecule has 5 aromatic rings. The summed E-state index contributed by atoms with van der Waals surface area (Å²) >= 11 is 0. The third kappa shape index (κ3) is 9.00. The average molecular weight is 741 g/mol. The van der Waals surface area contributed by atoms with E-state index in [1.54, 1.807) is 29.8 Å². The number of rotatable bonds is 17. The van der Waals surface area contributed by atoms with Gasteiger partial charge in [0.15, 0.2) is 5.75 Å². The van der Waals surface area contributed by atoms with Crippen molar-refractivity contribution < 1.29 is 23.5 Å². The van der Waals surface area contributed by atoms with Crippen LogP contribution >= 0.6 is 0 Å². The summed E-state index contributed by atoms with van der Waals surface area (Å²) in [6.45, 7) is 14.7. The van der Waals surface area contributed by atoms with Crippen LogP contribution in [0, 0.1) is 6.92 Å². The Morgan fingerprint density at radius 1 is 0.685 bits per heavy atom. The highest BCUT2D eigenvalue weighted by Crippen LogP contribution is 2.23. The Hall–Kier alpha value is -5.89. The average Bonchev–Trinajstić information content (AvgIpc) is 3.16. The van der Waals surface area contributed by atoms with Gasteiger partial charge in [-0.05, 0) is 71.0 Å². The van der Waals surface area contributed by atoms with Gasteiger partial charge in [0, 0.05) is 112 Å². The highest BCUT2D eigenvalue weighted by atomic mass is 16.4. The Morgan fingerprint density at radius 2 is 1.15 bits per heavy atom. The number of nitrogens with zero attached hydrogens (tertiary/aromatic N) is 4. The molecule has 54 heavy (non-hydrogen) atoms. The van der Waals surface area contributed by atoms with Crippen molar-refractivity contribution in [1.29, 1.82) is 0 Å². The topological polar surface area (TPSA) is 171 Å². The van der Waals surface area contributed by atoms with E-state index >= 15 is 0 Å². The van der Waals surface area contributed by atoms with E-state index in [4.69, 9.17) is 8.83 Å². The minimum Gasteiger partial charge on any atom is -0.503 e. The lowest BCUT2D eigenvalue weighted by Crippen LogP contribution is -2.42. The van der Waals surface area contributed by atoms with Gasteiger partial charge in [0.2, 0.25) is 5.43 Å². The van der Waals surface area contributed by atoms with Crippen LogP contribution in [-0.4, -0.2) is 85.3 Å². The Morgan fingerprint density at radius 3 is 1.59 bits per heavy atom. The highest BCUT2D eigenvalue weighted by molar-refractivity contribution is 5.97. The van der Waals surface area contributed by atoms with Gasteiger partial charge in [-0.1, -0.05) is 0 Å². The molecule has 0 spiro atoms. The van der Waals surface area contributed by atoms with Gasteiger partial charge in [-0.15, -0.1) is 0 Å². The van der Waals surface area contributed by atoms with E-state index in [0.29, 0.717) is 53.8 Å². The first kappa shape index (κ1) is 39.3. The summed E-state index contributed by atoms with van der Waals surface area (Å²) in [6, 6.07) is 15.4. The fourth-order valence-corrected chi connectivity index (χ4v) is 6.42. The van der Waals surface area contributed by atoms with Crippen molar-refractivity contribution in [3.8, 4) is 5.75 Å². The zero-order chi connectivity index (χ0) is 38.9. The van der Waals surface area contributed by atoms with Crippen molar-refractivity contribution in [3.05, 3.63) is 109 Å². The van der Waals surface area contributed by atoms with Gasteiger partial charge in [0.05, 0.1) is 5.69 Å². The van der Waals surface area contributed by atoms with Gasteiger partial charge in [-0.2, -0.15) is 0 Å². The summed E-state index contributed by atoms with van der Waals surface area (Å²) in [5, 5.41) is 17.0. The quantitative estimate of drug-likeness (QED) is 0.118. The molecule has 0 saturated heterocycles. The lowest BCUT2D eigenvalue weighted by molar-refractivity contribution is 0.0944. The highest BCUT2D eigenvalue weighted by Gasteiger charge is 2.18. The number of carbonyl (C=O) groups excluding carboxylic acids is 2. The van der Waals surface area contributed by atoms with Crippen LogP contribution in [0.4, 0.5) is 11.4 Å². The summed E-state index contributed by atoms with van der Waals surface area (Å²) in [6.07, 6.45) is 1.59. The second-order valence-corrected chi connectivity index (χ2v) is 12.8. The van der Waals surface area contributed by atoms with Crippen molar-refractivity contribution in [2.75, 3.05) is 68.7 Å². The van der Waals surface area contributed by atoms with Crippen molar-refractivity contribution in [2.45, 2.75) is 41.2 Å². The number of amides is 2. The normalized spacial score (nSPS) is 11.3. The van der Waals surface area contributed by atoms with Crippen LogP contribution in [0.3, 0.4) is 0 Å². The predicted octanol–water partition coefficient (Wildman–Crippen LogP) is 3.93. The van der Waals surface area contributed by atoms with E-state index in [9.17, 15) is 29.1 Å². The maximum atomic E-state index is 13.2. The number of aromatic hydroxyl groups is 1. The second-order valence-electron chi connectivity index (χ2n) is 12.8. The number of pyridine rings is 1. The number of carbonyl (C=O) groups is 2. The number of hydrogen-bond acceptors (Lipinski definition) is 11. The van der Waals surface area contributed by atoms with Gasteiger partial charge in [-0.3, -0.25) is 19.3 Å². The Bertz CT molecular complexity index is 2180. The molecule has 3 aromatic heterocycles. The van der Waals surface area contributed by atoms with Gasteiger partial charge in [0.25, 0.3) is 11.8 Å². The molecule has 0 aliphatic heterocycles. The molecule has 14 heteroatoms. The fourth-order valence-electron chi connectivity index (χ4n) is 6.42. The van der Waals surface area contributed by atoms with Crippen molar-refractivity contribution in [1.82, 2.24) is 20.1 Å². The smallest absolute Gasteiger partial charge is 0.349 e. The third-order valence-electron chi connectivity index (χ3n) is 9.68. The lowest BCUT2D eigenvalue weighted by atomic mass is 10.1. The number of benzene rings is 2. The van der Waals surface area contributed by atoms with E-state index in [-0.39, 0.29) is 30.0 Å². The monoisotopic (exact) mass is 740 g/mol. The van der Waals surface area contributed by atoms with Gasteiger partial charge in [-0.25, -0.2) is 9.59 Å². The molecule has 286 valence electrons. The minimum absolute atomic E-state index is 0.116. The molecule has 0 fully saturated rings. The van der Waals surface area contributed by atoms with Crippen molar-refractivity contribution >= 4 is 45.1 Å². The first-order valence-corrected chi connectivity index (χ1v) is 18.3. The maximum Gasteiger partial charge on any atom is 0.349 e. The number of anilines is 2. The third-order valence-corrected chi connectivity index (χ3v) is 9.68. The predicted molar refractivity (Wildman–Crippen MR) is 210 cm³/mol. The largest absolute Gasteiger partial charge is 0.503 e. The molecule has 3 heterocycles. The number of nitrogens with one attached hydrogen (secondary N) is 2. The summed E-state index contributed by atoms with van der Waals surface area (Å²) in [5.41, 5.74) is 0.834. The Labute approximate surface area is 312 Å². The molecule has 5 rings (SSSR count). The Kier molecular flexibility index (Phi) is 12.9. The summed E-state index contributed by atoms with van der Waals surface area (Å²) in [4.78, 5) is 70.1. The molecule has 2 aromatic carbocycles. The maximum absolute atomic E-state index is 13.2. The molecule has 2 amide bonds. The molecule has 14 nitrogen and oxygen atoms in total. The minimum atomic E-state index is -0.743. The standard InChI is InChI=1S/C40H48N6O8/c1-6-44(7-2)29-12-10-27-22-31(39(51)53-34(27)24-29)37(49)41-15-18-43(20-21-46-17-14-33(47)36(48)26(46)5)19-16-42-38(50)32-23-28-11-13-30(45(8-3)9-4)25-35(28)54-40(32)52/h10-14,17,22-25,48H,6-9,15-16,18-21H2,1-5H3,(H,41,49)(H,42,50). The van der Waals surface area contributed by atoms with E-state index in [1.807, 2.05) is 56.9 Å². The van der Waals surface area contributed by atoms with E-state index in [1.165, 1.54) is 18.2 Å². The SMILES string of the molecule is CCN(CC)c1ccc2cc(C(=O)NCCN(CCNC(=O)c3cc4ccc(N(CC)CC)cc4oc3=O)CCn3ccc(=O)c(O)c3C)c(=O)oc2c1. The van der Waals surface area contributed by atoms with Crippen LogP contribution in [0.15, 0.2) is 84.0 Å². The molecule has 0 aliphatic carbocycles. The zero-order valence-electron chi connectivity index (χ0n) is 31.4. The molecule has 3 N–H and O–H groups in total. The zero-order valence-corrected chi connectivity index (χ0v) is 31.4. The number of fused-ring (bicyclic) bond motifs is 2. The van der Waals surface area contributed by atoms with E-state index < -0.39 is 28.5 Å². The molecular formula is C40H48N6O8. The van der Waals surface area contributed by atoms with Gasteiger partial charge in [0.1, 0.15) is 22.3 Å². The van der Waals surface area contributed by atoms with Crippen LogP contribution in [0.25, 0.3) is 21.9 Å². The summed E-state index contributed by atoms with van der Waals surface area (Å²) in [5.74, 6) is -1.50. The molecule has 0 bridgehead atoms. The van der Waals surface area contributed by atoms with Crippen molar-refractivity contribution in [2.24, 2.45) is 0 Å². The first-order valence-electron chi connectivity index (χ1n) is 18.3. The van der Waals surface area contributed by atoms with Gasteiger partial charge >= 0.3 is 11.3 Å². The summed E-state index contributed by atoms with van der Waals surface area (Å²) in [7, 11) is 0. The van der Waals surface area contributed by atoms with Crippen LogP contribution in [0.5, 0.6) is 5.75 Å². The van der Waals surface area contributed by atoms with Crippen LogP contribution in [0.2, 0.25) is 0 Å².